The van der Waals surface area contributed by atoms with Crippen LogP contribution in [0, 0.1) is 11.8 Å². The summed E-state index contributed by atoms with van der Waals surface area (Å²) in [5.41, 5.74) is 0.949. The van der Waals surface area contributed by atoms with E-state index in [1.807, 2.05) is 30.3 Å². The molecule has 1 N–H and O–H groups in total. The number of fused-ring (bicyclic) bond motifs is 1. The third-order valence-corrected chi connectivity index (χ3v) is 10.6. The van der Waals surface area contributed by atoms with Crippen molar-refractivity contribution < 1.29 is 37.3 Å². The zero-order valence-electron chi connectivity index (χ0n) is 24.3. The molecule has 3 fully saturated rings. The first kappa shape index (κ1) is 30.9. The van der Waals surface area contributed by atoms with E-state index in [1.165, 1.54) is 23.5 Å². The number of likely N-dealkylation sites (tertiary alicyclic amines) is 1. The number of carbonyl (C=O) groups is 1. The highest BCUT2D eigenvalue weighted by Crippen LogP contribution is 2.34. The highest BCUT2D eigenvalue weighted by atomic mass is 32.2. The van der Waals surface area contributed by atoms with Crippen molar-refractivity contribution in [2.24, 2.45) is 11.8 Å². The monoisotopic (exact) mass is 602 g/mol. The molecular weight excluding hydrogens is 560 g/mol. The summed E-state index contributed by atoms with van der Waals surface area (Å²) in [6.45, 7) is 4.96. The molecule has 6 atom stereocenters. The number of rotatable bonds is 13. The molecule has 10 nitrogen and oxygen atoms in total. The minimum Gasteiger partial charge on any atom is -0.497 e. The second-order valence-electron chi connectivity index (χ2n) is 11.4. The first-order valence-electron chi connectivity index (χ1n) is 14.8. The van der Waals surface area contributed by atoms with Crippen LogP contribution in [0.1, 0.15) is 31.7 Å². The lowest BCUT2D eigenvalue weighted by Gasteiger charge is -2.33. The van der Waals surface area contributed by atoms with Gasteiger partial charge in [-0.1, -0.05) is 37.3 Å². The van der Waals surface area contributed by atoms with E-state index in [4.69, 9.17) is 18.9 Å². The zero-order chi connectivity index (χ0) is 29.7. The van der Waals surface area contributed by atoms with Gasteiger partial charge in [0.25, 0.3) is 0 Å². The maximum absolute atomic E-state index is 14.0. The van der Waals surface area contributed by atoms with Gasteiger partial charge in [0.1, 0.15) is 11.9 Å². The van der Waals surface area contributed by atoms with Crippen LogP contribution in [0.5, 0.6) is 5.75 Å². The SMILES string of the molecule is CCN1CCC(N(C[C@@H](O)[C@@H](CC(=O)OC2CO[C@H]3OCCC23)Cc2ccccc2)S(=O)(=O)c2ccc(OC)cc2)C1. The highest BCUT2D eigenvalue weighted by molar-refractivity contribution is 7.89. The van der Waals surface area contributed by atoms with Crippen LogP contribution in [-0.2, 0) is 35.4 Å². The summed E-state index contributed by atoms with van der Waals surface area (Å²) in [6, 6.07) is 15.6. The maximum atomic E-state index is 14.0. The lowest BCUT2D eigenvalue weighted by molar-refractivity contribution is -0.153. The number of methoxy groups -OCH3 is 1. The molecule has 0 aliphatic carbocycles. The van der Waals surface area contributed by atoms with Gasteiger partial charge in [-0.15, -0.1) is 0 Å². The lowest BCUT2D eigenvalue weighted by atomic mass is 9.90. The highest BCUT2D eigenvalue weighted by Gasteiger charge is 2.44. The van der Waals surface area contributed by atoms with Crippen molar-refractivity contribution in [1.29, 1.82) is 0 Å². The van der Waals surface area contributed by atoms with Gasteiger partial charge in [0.15, 0.2) is 6.29 Å². The van der Waals surface area contributed by atoms with E-state index in [2.05, 4.69) is 11.8 Å². The fourth-order valence-corrected chi connectivity index (χ4v) is 7.90. The molecule has 3 aliphatic rings. The average molecular weight is 603 g/mol. The summed E-state index contributed by atoms with van der Waals surface area (Å²) >= 11 is 0. The van der Waals surface area contributed by atoms with Crippen LogP contribution in [0.3, 0.4) is 0 Å². The van der Waals surface area contributed by atoms with Crippen LogP contribution >= 0.6 is 0 Å². The number of hydrogen-bond acceptors (Lipinski definition) is 9. The number of aliphatic hydroxyl groups is 1. The van der Waals surface area contributed by atoms with Crippen molar-refractivity contribution in [3.63, 3.8) is 0 Å². The van der Waals surface area contributed by atoms with Crippen molar-refractivity contribution in [2.75, 3.05) is 46.5 Å². The average Bonchev–Trinajstić information content (AvgIpc) is 3.75. The van der Waals surface area contributed by atoms with Gasteiger partial charge in [0.05, 0.1) is 43.7 Å². The molecule has 11 heteroatoms. The van der Waals surface area contributed by atoms with Gasteiger partial charge in [0.2, 0.25) is 10.0 Å². The third kappa shape index (κ3) is 7.15. The number of likely N-dealkylation sites (N-methyl/N-ethyl adjacent to an activating group) is 1. The van der Waals surface area contributed by atoms with Crippen molar-refractivity contribution in [1.82, 2.24) is 9.21 Å². The normalized spacial score (nSPS) is 25.8. The summed E-state index contributed by atoms with van der Waals surface area (Å²) in [6.07, 6.45) is -0.0448. The summed E-state index contributed by atoms with van der Waals surface area (Å²) in [5.74, 6) is -0.419. The molecule has 230 valence electrons. The lowest BCUT2D eigenvalue weighted by Crippen LogP contribution is -2.48. The van der Waals surface area contributed by atoms with E-state index in [0.717, 1.165) is 25.1 Å². The third-order valence-electron chi connectivity index (χ3n) is 8.72. The van der Waals surface area contributed by atoms with Crippen LogP contribution in [0.15, 0.2) is 59.5 Å². The molecule has 3 aliphatic heterocycles. The predicted octanol–water partition coefficient (Wildman–Crippen LogP) is 2.69. The van der Waals surface area contributed by atoms with Gasteiger partial charge in [-0.2, -0.15) is 4.31 Å². The Kier molecular flexibility index (Phi) is 10.2. The minimum atomic E-state index is -3.96. The molecule has 3 heterocycles. The van der Waals surface area contributed by atoms with Crippen molar-refractivity contribution in [3.05, 3.63) is 60.2 Å². The first-order valence-corrected chi connectivity index (χ1v) is 16.3. The Bertz CT molecular complexity index is 1280. The minimum absolute atomic E-state index is 0.0143. The number of sulfonamides is 1. The topological polar surface area (TPSA) is 115 Å². The van der Waals surface area contributed by atoms with E-state index in [1.54, 1.807) is 12.1 Å². The fourth-order valence-electron chi connectivity index (χ4n) is 6.23. The molecule has 0 amide bonds. The van der Waals surface area contributed by atoms with E-state index >= 15 is 0 Å². The molecular formula is C31H42N2O8S. The quantitative estimate of drug-likeness (QED) is 0.346. The number of ether oxygens (including phenoxy) is 4. The summed E-state index contributed by atoms with van der Waals surface area (Å²) in [7, 11) is -2.43. The molecule has 0 saturated carbocycles. The Morgan fingerprint density at radius 1 is 1.12 bits per heavy atom. The molecule has 0 spiro atoms. The van der Waals surface area contributed by atoms with Crippen LogP contribution in [0.25, 0.3) is 0 Å². The van der Waals surface area contributed by atoms with Crippen molar-refractivity contribution in [2.45, 2.75) is 62.0 Å². The van der Waals surface area contributed by atoms with Crippen LogP contribution < -0.4 is 4.74 Å². The van der Waals surface area contributed by atoms with Gasteiger partial charge < -0.3 is 29.0 Å². The number of esters is 1. The van der Waals surface area contributed by atoms with Gasteiger partial charge in [-0.05, 0) is 62.2 Å². The first-order chi connectivity index (χ1) is 20.3. The largest absolute Gasteiger partial charge is 0.497 e. The zero-order valence-corrected chi connectivity index (χ0v) is 25.2. The Balaban J connectivity index is 1.36. The Hall–Kier alpha value is -2.54. The number of benzene rings is 2. The number of carbonyl (C=O) groups excluding carboxylic acids is 1. The standard InChI is InChI=1S/C31H42N2O8S/c1-3-32-15-13-24(19-32)33(42(36,37)26-11-9-25(38-2)10-12-26)20-28(34)23(17-22-7-5-4-6-8-22)18-30(35)41-29-21-40-31-27(29)14-16-39-31/h4-12,23-24,27-29,31,34H,3,13-21H2,1-2H3/t23-,24?,27?,28-,29?,31-/m1/s1. The summed E-state index contributed by atoms with van der Waals surface area (Å²) in [5, 5.41) is 11.7. The van der Waals surface area contributed by atoms with Gasteiger partial charge in [-0.25, -0.2) is 8.42 Å². The van der Waals surface area contributed by atoms with Crippen LogP contribution in [0.2, 0.25) is 0 Å². The fraction of sp³-hybridized carbons (Fsp3) is 0.581. The van der Waals surface area contributed by atoms with E-state index in [9.17, 15) is 18.3 Å². The van der Waals surface area contributed by atoms with E-state index in [-0.39, 0.29) is 48.8 Å². The Labute approximate surface area is 248 Å². The van der Waals surface area contributed by atoms with Crippen molar-refractivity contribution in [3.8, 4) is 5.75 Å². The molecule has 0 aromatic heterocycles. The molecule has 2 aromatic carbocycles. The molecule has 42 heavy (non-hydrogen) atoms. The van der Waals surface area contributed by atoms with Gasteiger partial charge >= 0.3 is 5.97 Å². The molecule has 5 rings (SSSR count). The van der Waals surface area contributed by atoms with E-state index in [0.29, 0.717) is 31.7 Å². The number of nitrogens with zero attached hydrogens (tertiary/aromatic N) is 2. The van der Waals surface area contributed by atoms with Crippen LogP contribution in [-0.4, -0.2) is 99.7 Å². The Morgan fingerprint density at radius 2 is 1.88 bits per heavy atom. The second-order valence-corrected chi connectivity index (χ2v) is 13.3. The van der Waals surface area contributed by atoms with E-state index < -0.39 is 28.0 Å². The molecule has 3 unspecified atom stereocenters. The predicted molar refractivity (Wildman–Crippen MR) is 155 cm³/mol. The number of hydrogen-bond donors (Lipinski definition) is 1. The smallest absolute Gasteiger partial charge is 0.306 e. The molecule has 2 aromatic rings. The molecule has 3 saturated heterocycles. The molecule has 0 bridgehead atoms. The van der Waals surface area contributed by atoms with Crippen molar-refractivity contribution >= 4 is 16.0 Å². The Morgan fingerprint density at radius 3 is 2.57 bits per heavy atom. The van der Waals surface area contributed by atoms with Gasteiger partial charge in [0, 0.05) is 25.0 Å². The maximum Gasteiger partial charge on any atom is 0.306 e. The summed E-state index contributed by atoms with van der Waals surface area (Å²) in [4.78, 5) is 15.6. The second kappa shape index (κ2) is 13.8. The molecule has 0 radical (unpaired) electrons. The van der Waals surface area contributed by atoms with Crippen LogP contribution in [0.4, 0.5) is 0 Å². The van der Waals surface area contributed by atoms with Gasteiger partial charge in [-0.3, -0.25) is 4.79 Å². The number of aliphatic hydroxyl groups excluding tert-OH is 1. The summed E-state index contributed by atoms with van der Waals surface area (Å²) < 4.78 is 51.7.